The minimum atomic E-state index is -0.843. The largest absolute Gasteiger partial charge is 0.465 e. The molecule has 1 saturated heterocycles. The molecule has 0 radical (unpaired) electrons. The minimum Gasteiger partial charge on any atom is -0.465 e. The molecule has 0 aliphatic carbocycles. The van der Waals surface area contributed by atoms with Gasteiger partial charge in [-0.15, -0.1) is 0 Å². The molecule has 1 aliphatic heterocycles. The topological polar surface area (TPSA) is 64.4 Å². The first-order valence-corrected chi connectivity index (χ1v) is 7.24. The van der Waals surface area contributed by atoms with Crippen LogP contribution in [0.25, 0.3) is 0 Å². The molecular weight excluding hydrogens is 252 g/mol. The molecule has 1 aliphatic rings. The smallest absolute Gasteiger partial charge is 0.407 e. The highest BCUT2D eigenvalue weighted by Crippen LogP contribution is 2.29. The molecule has 1 fully saturated rings. The van der Waals surface area contributed by atoms with Crippen molar-refractivity contribution in [2.24, 2.45) is 5.92 Å². The SMILES string of the molecule is CCC(C(=N)C1CCN(C(=O)O)CC1)c1ccccc1. The van der Waals surface area contributed by atoms with Crippen LogP contribution in [-0.2, 0) is 0 Å². The molecule has 1 atom stereocenters. The summed E-state index contributed by atoms with van der Waals surface area (Å²) >= 11 is 0. The number of benzene rings is 1. The van der Waals surface area contributed by atoms with Gasteiger partial charge in [-0.05, 0) is 24.8 Å². The van der Waals surface area contributed by atoms with E-state index in [0.29, 0.717) is 13.1 Å². The second kappa shape index (κ2) is 6.55. The van der Waals surface area contributed by atoms with Crippen molar-refractivity contribution in [2.75, 3.05) is 13.1 Å². The van der Waals surface area contributed by atoms with E-state index in [1.165, 1.54) is 10.5 Å². The Hall–Kier alpha value is -1.84. The number of hydrogen-bond acceptors (Lipinski definition) is 2. The first kappa shape index (κ1) is 14.6. The molecule has 1 heterocycles. The van der Waals surface area contributed by atoms with Gasteiger partial charge in [0.25, 0.3) is 0 Å². The van der Waals surface area contributed by atoms with Gasteiger partial charge in [0, 0.05) is 30.6 Å². The van der Waals surface area contributed by atoms with Gasteiger partial charge in [0.1, 0.15) is 0 Å². The van der Waals surface area contributed by atoms with Crippen LogP contribution in [0, 0.1) is 11.3 Å². The Morgan fingerprint density at radius 1 is 1.35 bits per heavy atom. The van der Waals surface area contributed by atoms with Gasteiger partial charge in [-0.1, -0.05) is 37.3 Å². The number of nitrogens with one attached hydrogen (secondary N) is 1. The van der Waals surface area contributed by atoms with Crippen molar-refractivity contribution in [3.05, 3.63) is 35.9 Å². The summed E-state index contributed by atoms with van der Waals surface area (Å²) in [6.07, 6.45) is 1.62. The lowest BCUT2D eigenvalue weighted by Gasteiger charge is -2.32. The van der Waals surface area contributed by atoms with Gasteiger partial charge in [0.05, 0.1) is 0 Å². The predicted octanol–water partition coefficient (Wildman–Crippen LogP) is 3.59. The molecule has 2 rings (SSSR count). The Balaban J connectivity index is 2.02. The van der Waals surface area contributed by atoms with Crippen molar-refractivity contribution in [2.45, 2.75) is 32.1 Å². The summed E-state index contributed by atoms with van der Waals surface area (Å²) in [6, 6.07) is 10.2. The fourth-order valence-electron chi connectivity index (χ4n) is 2.99. The maximum atomic E-state index is 10.9. The maximum Gasteiger partial charge on any atom is 0.407 e. The lowest BCUT2D eigenvalue weighted by Crippen LogP contribution is -2.40. The van der Waals surface area contributed by atoms with Crippen LogP contribution in [0.3, 0.4) is 0 Å². The molecule has 108 valence electrons. The average Bonchev–Trinajstić information content (AvgIpc) is 2.49. The normalized spacial score (nSPS) is 17.8. The van der Waals surface area contributed by atoms with E-state index >= 15 is 0 Å². The van der Waals surface area contributed by atoms with E-state index in [2.05, 4.69) is 19.1 Å². The number of nitrogens with zero attached hydrogens (tertiary/aromatic N) is 1. The summed E-state index contributed by atoms with van der Waals surface area (Å²) < 4.78 is 0. The number of carbonyl (C=O) groups is 1. The monoisotopic (exact) mass is 274 g/mol. The maximum absolute atomic E-state index is 10.9. The van der Waals surface area contributed by atoms with Crippen LogP contribution < -0.4 is 0 Å². The van der Waals surface area contributed by atoms with Gasteiger partial charge in [-0.2, -0.15) is 0 Å². The van der Waals surface area contributed by atoms with Crippen LogP contribution in [0.5, 0.6) is 0 Å². The Bertz CT molecular complexity index is 465. The first-order chi connectivity index (χ1) is 9.63. The third-order valence-corrected chi connectivity index (χ3v) is 4.19. The van der Waals surface area contributed by atoms with Gasteiger partial charge >= 0.3 is 6.09 Å². The van der Waals surface area contributed by atoms with Crippen LogP contribution >= 0.6 is 0 Å². The van der Waals surface area contributed by atoms with Crippen LogP contribution in [0.4, 0.5) is 4.79 Å². The molecule has 1 unspecified atom stereocenters. The molecule has 1 aromatic carbocycles. The van der Waals surface area contributed by atoms with E-state index in [9.17, 15) is 4.79 Å². The fourth-order valence-corrected chi connectivity index (χ4v) is 2.99. The van der Waals surface area contributed by atoms with Gasteiger partial charge in [-0.3, -0.25) is 0 Å². The molecule has 4 heteroatoms. The number of likely N-dealkylation sites (tertiary alicyclic amines) is 1. The van der Waals surface area contributed by atoms with E-state index in [0.717, 1.165) is 25.0 Å². The highest BCUT2D eigenvalue weighted by Gasteiger charge is 2.28. The predicted molar refractivity (Wildman–Crippen MR) is 79.5 cm³/mol. The lowest BCUT2D eigenvalue weighted by atomic mass is 9.81. The summed E-state index contributed by atoms with van der Waals surface area (Å²) in [5.74, 6) is 0.383. The lowest BCUT2D eigenvalue weighted by molar-refractivity contribution is 0.131. The number of amides is 1. The number of carboxylic acid groups (broad SMARTS) is 1. The van der Waals surface area contributed by atoms with E-state index in [1.54, 1.807) is 0 Å². The summed E-state index contributed by atoms with van der Waals surface area (Å²) in [5, 5.41) is 17.5. The van der Waals surface area contributed by atoms with E-state index in [1.807, 2.05) is 18.2 Å². The Kier molecular flexibility index (Phi) is 4.77. The molecule has 0 spiro atoms. The van der Waals surface area contributed by atoms with Crippen molar-refractivity contribution in [3.63, 3.8) is 0 Å². The summed E-state index contributed by atoms with van der Waals surface area (Å²) in [5.41, 5.74) is 1.96. The van der Waals surface area contributed by atoms with Gasteiger partial charge in [0.2, 0.25) is 0 Å². The number of hydrogen-bond donors (Lipinski definition) is 2. The number of rotatable bonds is 4. The molecule has 20 heavy (non-hydrogen) atoms. The molecular formula is C16H22N2O2. The van der Waals surface area contributed by atoms with Crippen molar-refractivity contribution in [1.29, 1.82) is 5.41 Å². The quantitative estimate of drug-likeness (QED) is 0.824. The van der Waals surface area contributed by atoms with Crippen molar-refractivity contribution >= 4 is 11.8 Å². The minimum absolute atomic E-state index is 0.164. The van der Waals surface area contributed by atoms with Crippen LogP contribution in [-0.4, -0.2) is 34.9 Å². The zero-order valence-electron chi connectivity index (χ0n) is 11.9. The molecule has 2 N–H and O–H groups in total. The Morgan fingerprint density at radius 2 is 1.95 bits per heavy atom. The van der Waals surface area contributed by atoms with Crippen molar-refractivity contribution in [1.82, 2.24) is 4.90 Å². The highest BCUT2D eigenvalue weighted by molar-refractivity contribution is 5.90. The molecule has 0 bridgehead atoms. The van der Waals surface area contributed by atoms with Crippen LogP contribution in [0.2, 0.25) is 0 Å². The zero-order valence-corrected chi connectivity index (χ0v) is 11.9. The molecule has 0 saturated carbocycles. The standard InChI is InChI=1S/C16H22N2O2/c1-2-14(12-6-4-3-5-7-12)15(17)13-8-10-18(11-9-13)16(19)20/h3-7,13-14,17H,2,8-11H2,1H3,(H,19,20). The van der Waals surface area contributed by atoms with E-state index < -0.39 is 6.09 Å². The van der Waals surface area contributed by atoms with E-state index in [4.69, 9.17) is 10.5 Å². The highest BCUT2D eigenvalue weighted by atomic mass is 16.4. The molecule has 0 aromatic heterocycles. The summed E-state index contributed by atoms with van der Waals surface area (Å²) in [4.78, 5) is 12.4. The Labute approximate surface area is 119 Å². The number of piperidine rings is 1. The van der Waals surface area contributed by atoms with Crippen molar-refractivity contribution < 1.29 is 9.90 Å². The molecule has 1 amide bonds. The van der Waals surface area contributed by atoms with Gasteiger partial charge in [0.15, 0.2) is 0 Å². The van der Waals surface area contributed by atoms with Crippen LogP contribution in [0.1, 0.15) is 37.7 Å². The van der Waals surface area contributed by atoms with Crippen LogP contribution in [0.15, 0.2) is 30.3 Å². The molecule has 1 aromatic rings. The Morgan fingerprint density at radius 3 is 2.45 bits per heavy atom. The second-order valence-corrected chi connectivity index (χ2v) is 5.37. The average molecular weight is 274 g/mol. The van der Waals surface area contributed by atoms with Gasteiger partial charge < -0.3 is 15.4 Å². The third-order valence-electron chi connectivity index (χ3n) is 4.19. The summed E-state index contributed by atoms with van der Waals surface area (Å²) in [7, 11) is 0. The second-order valence-electron chi connectivity index (χ2n) is 5.37. The third kappa shape index (κ3) is 3.18. The van der Waals surface area contributed by atoms with Crippen molar-refractivity contribution in [3.8, 4) is 0 Å². The zero-order chi connectivity index (χ0) is 14.5. The van der Waals surface area contributed by atoms with Gasteiger partial charge in [-0.25, -0.2) is 4.79 Å². The fraction of sp³-hybridized carbons (Fsp3) is 0.500. The first-order valence-electron chi connectivity index (χ1n) is 7.24. The van der Waals surface area contributed by atoms with E-state index in [-0.39, 0.29) is 11.8 Å². The summed E-state index contributed by atoms with van der Waals surface area (Å²) in [6.45, 7) is 3.21. The molecule has 4 nitrogen and oxygen atoms in total.